The zero-order valence-electron chi connectivity index (χ0n) is 14.9. The Balaban J connectivity index is 1.89. The number of nitrogens with zero attached hydrogens (tertiary/aromatic N) is 5. The van der Waals surface area contributed by atoms with Crippen LogP contribution in [0.15, 0.2) is 57.1 Å². The van der Waals surface area contributed by atoms with Crippen molar-refractivity contribution in [2.24, 2.45) is 9.75 Å². The van der Waals surface area contributed by atoms with Gasteiger partial charge in [-0.2, -0.15) is 27.8 Å². The Morgan fingerprint density at radius 1 is 1.14 bits per heavy atom. The highest BCUT2D eigenvalue weighted by atomic mass is 35.5. The summed E-state index contributed by atoms with van der Waals surface area (Å²) in [6.45, 7) is 1.96. The summed E-state index contributed by atoms with van der Waals surface area (Å²) >= 11 is 5.18. The van der Waals surface area contributed by atoms with Crippen molar-refractivity contribution < 1.29 is 17.4 Å². The molecule has 2 aromatic carbocycles. The van der Waals surface area contributed by atoms with Gasteiger partial charge >= 0.3 is 6.08 Å². The van der Waals surface area contributed by atoms with Gasteiger partial charge in [-0.1, -0.05) is 34.5 Å². The number of nitrogens with one attached hydrogen (secondary N) is 1. The van der Waals surface area contributed by atoms with Crippen molar-refractivity contribution in [3.8, 4) is 0 Å². The summed E-state index contributed by atoms with van der Waals surface area (Å²) in [5, 5.41) is 6.19. The van der Waals surface area contributed by atoms with E-state index in [0.717, 1.165) is 17.2 Å². The topological polar surface area (TPSA) is 130 Å². The van der Waals surface area contributed by atoms with Gasteiger partial charge in [0.1, 0.15) is 16.4 Å². The molecule has 29 heavy (non-hydrogen) atoms. The first kappa shape index (κ1) is 20.7. The molecule has 0 bridgehead atoms. The van der Waals surface area contributed by atoms with Crippen LogP contribution in [0.3, 0.4) is 0 Å². The predicted octanol–water partition coefficient (Wildman–Crippen LogP) is 4.14. The van der Waals surface area contributed by atoms with Gasteiger partial charge in [0, 0.05) is 12.1 Å². The van der Waals surface area contributed by atoms with Crippen molar-refractivity contribution in [2.75, 3.05) is 5.32 Å². The summed E-state index contributed by atoms with van der Waals surface area (Å²) in [7, 11) is -4.54. The van der Waals surface area contributed by atoms with Gasteiger partial charge in [0.2, 0.25) is 5.95 Å². The molecule has 12 heteroatoms. The third-order valence-electron chi connectivity index (χ3n) is 3.78. The van der Waals surface area contributed by atoms with E-state index in [0.29, 0.717) is 6.42 Å². The van der Waals surface area contributed by atoms with E-state index in [1.54, 1.807) is 0 Å². The standard InChI is InChI=1S/C17H14ClFN6O3S/c1-10-2-4-11(5-3-10)8-15-21-16(19)23-17(22-15)20-12-6-7-14(29(26,27)28)13(9-12)24-25-18/h2-7,9H,8H2,1H3,(H,26,27,28)(H,20,21,22,23). The molecule has 1 aromatic heterocycles. The number of aryl methyl sites for hydroxylation is 1. The second kappa shape index (κ2) is 8.55. The van der Waals surface area contributed by atoms with Gasteiger partial charge in [0.15, 0.2) is 0 Å². The predicted molar refractivity (Wildman–Crippen MR) is 104 cm³/mol. The average molecular weight is 437 g/mol. The fraction of sp³-hybridized carbons (Fsp3) is 0.118. The molecular weight excluding hydrogens is 423 g/mol. The zero-order chi connectivity index (χ0) is 21.0. The van der Waals surface area contributed by atoms with Crippen LogP contribution in [0.1, 0.15) is 17.0 Å². The third kappa shape index (κ3) is 5.50. The van der Waals surface area contributed by atoms with Crippen molar-refractivity contribution in [1.82, 2.24) is 15.0 Å². The lowest BCUT2D eigenvalue weighted by atomic mass is 10.1. The molecule has 0 aliphatic heterocycles. The van der Waals surface area contributed by atoms with Crippen LogP contribution in [0.2, 0.25) is 0 Å². The lowest BCUT2D eigenvalue weighted by Gasteiger charge is -2.09. The summed E-state index contributed by atoms with van der Waals surface area (Å²) in [6, 6.07) is 11.3. The summed E-state index contributed by atoms with van der Waals surface area (Å²) in [4.78, 5) is 11.0. The number of hydrogen-bond acceptors (Lipinski definition) is 8. The SMILES string of the molecule is Cc1ccc(Cc2nc(F)nc(Nc3ccc(S(=O)(=O)O)c(N=NCl)c3)n2)cc1. The van der Waals surface area contributed by atoms with E-state index in [1.807, 2.05) is 31.2 Å². The quantitative estimate of drug-likeness (QED) is 0.438. The highest BCUT2D eigenvalue weighted by Gasteiger charge is 2.17. The normalized spacial score (nSPS) is 11.7. The lowest BCUT2D eigenvalue weighted by Crippen LogP contribution is -2.07. The molecule has 3 rings (SSSR count). The lowest BCUT2D eigenvalue weighted by molar-refractivity contribution is 0.483. The van der Waals surface area contributed by atoms with Crippen molar-refractivity contribution in [3.05, 3.63) is 65.5 Å². The first-order chi connectivity index (χ1) is 13.7. The number of aromatic nitrogens is 3. The van der Waals surface area contributed by atoms with Crippen LogP contribution in [0.25, 0.3) is 0 Å². The summed E-state index contributed by atoms with van der Waals surface area (Å²) in [5.74, 6) is 0.118. The molecule has 0 aliphatic rings. The van der Waals surface area contributed by atoms with Crippen molar-refractivity contribution in [3.63, 3.8) is 0 Å². The van der Waals surface area contributed by atoms with Gasteiger partial charge in [0.05, 0.1) is 11.8 Å². The number of benzene rings is 2. The highest BCUT2D eigenvalue weighted by molar-refractivity contribution is 7.86. The van der Waals surface area contributed by atoms with Crippen LogP contribution < -0.4 is 5.32 Å². The van der Waals surface area contributed by atoms with Crippen LogP contribution in [0.5, 0.6) is 0 Å². The maximum atomic E-state index is 13.9. The molecule has 0 amide bonds. The highest BCUT2D eigenvalue weighted by Crippen LogP contribution is 2.29. The molecule has 1 heterocycles. The van der Waals surface area contributed by atoms with Gasteiger partial charge in [-0.05, 0) is 30.7 Å². The van der Waals surface area contributed by atoms with E-state index >= 15 is 0 Å². The van der Waals surface area contributed by atoms with E-state index in [2.05, 4.69) is 30.0 Å². The van der Waals surface area contributed by atoms with Crippen LogP contribution in [0, 0.1) is 13.0 Å². The number of anilines is 2. The Hall–Kier alpha value is -3.02. The van der Waals surface area contributed by atoms with Crippen LogP contribution >= 0.6 is 11.8 Å². The molecule has 0 saturated carbocycles. The van der Waals surface area contributed by atoms with E-state index in [9.17, 15) is 17.4 Å². The molecule has 9 nitrogen and oxygen atoms in total. The number of hydrogen-bond donors (Lipinski definition) is 2. The number of rotatable bonds is 6. The maximum absolute atomic E-state index is 13.9. The van der Waals surface area contributed by atoms with Crippen molar-refractivity contribution >= 4 is 39.2 Å². The molecule has 3 aromatic rings. The van der Waals surface area contributed by atoms with E-state index in [4.69, 9.17) is 11.8 Å². The fourth-order valence-corrected chi connectivity index (χ4v) is 3.16. The van der Waals surface area contributed by atoms with Crippen LogP contribution in [-0.2, 0) is 16.5 Å². The number of halogens is 2. The molecule has 150 valence electrons. The molecule has 0 unspecified atom stereocenters. The Bertz CT molecular complexity index is 1170. The van der Waals surface area contributed by atoms with Gasteiger partial charge in [-0.25, -0.2) is 0 Å². The smallest absolute Gasteiger partial charge is 0.313 e. The molecular formula is C17H14ClFN6O3S. The zero-order valence-corrected chi connectivity index (χ0v) is 16.5. The Morgan fingerprint density at radius 3 is 2.52 bits per heavy atom. The molecule has 0 saturated heterocycles. The van der Waals surface area contributed by atoms with Gasteiger partial charge in [-0.15, -0.1) is 5.11 Å². The molecule has 2 N–H and O–H groups in total. The molecule has 0 radical (unpaired) electrons. The minimum Gasteiger partial charge on any atom is -0.324 e. The maximum Gasteiger partial charge on any atom is 0.313 e. The van der Waals surface area contributed by atoms with Crippen molar-refractivity contribution in [2.45, 2.75) is 18.2 Å². The van der Waals surface area contributed by atoms with Gasteiger partial charge < -0.3 is 5.32 Å². The molecule has 0 spiro atoms. The molecule has 0 atom stereocenters. The van der Waals surface area contributed by atoms with Crippen molar-refractivity contribution in [1.29, 1.82) is 0 Å². The largest absolute Gasteiger partial charge is 0.324 e. The second-order valence-electron chi connectivity index (χ2n) is 5.96. The summed E-state index contributed by atoms with van der Waals surface area (Å²) in [6.07, 6.45) is -0.679. The Labute approximate surface area is 170 Å². The monoisotopic (exact) mass is 436 g/mol. The minimum atomic E-state index is -4.54. The van der Waals surface area contributed by atoms with Gasteiger partial charge in [-0.3, -0.25) is 4.55 Å². The van der Waals surface area contributed by atoms with Crippen LogP contribution in [0.4, 0.5) is 21.7 Å². The Morgan fingerprint density at radius 2 is 1.86 bits per heavy atom. The van der Waals surface area contributed by atoms with Crippen LogP contribution in [-0.4, -0.2) is 27.9 Å². The first-order valence-electron chi connectivity index (χ1n) is 8.11. The van der Waals surface area contributed by atoms with E-state index in [-0.39, 0.29) is 23.1 Å². The van der Waals surface area contributed by atoms with Gasteiger partial charge in [0.25, 0.3) is 10.1 Å². The van der Waals surface area contributed by atoms with E-state index < -0.39 is 21.1 Å². The molecule has 0 aliphatic carbocycles. The fourth-order valence-electron chi connectivity index (χ4n) is 2.48. The Kier molecular flexibility index (Phi) is 6.11. The first-order valence-corrected chi connectivity index (χ1v) is 9.89. The van der Waals surface area contributed by atoms with E-state index in [1.165, 1.54) is 12.1 Å². The second-order valence-corrected chi connectivity index (χ2v) is 7.51. The molecule has 0 fully saturated rings. The average Bonchev–Trinajstić information content (AvgIpc) is 2.63. The minimum absolute atomic E-state index is 0.0898. The summed E-state index contributed by atoms with van der Waals surface area (Å²) in [5.41, 5.74) is 2.04. The third-order valence-corrected chi connectivity index (χ3v) is 4.75. The summed E-state index contributed by atoms with van der Waals surface area (Å²) < 4.78 is 48.9.